The van der Waals surface area contributed by atoms with Crippen LogP contribution in [0.4, 0.5) is 11.5 Å². The van der Waals surface area contributed by atoms with Crippen molar-refractivity contribution in [3.8, 4) is 11.6 Å². The number of aromatic nitrogens is 2. The van der Waals surface area contributed by atoms with Crippen LogP contribution in [0.25, 0.3) is 0 Å². The van der Waals surface area contributed by atoms with Crippen LogP contribution in [0.3, 0.4) is 0 Å². The summed E-state index contributed by atoms with van der Waals surface area (Å²) in [5.41, 5.74) is 0.278. The van der Waals surface area contributed by atoms with Gasteiger partial charge in [-0.25, -0.2) is 0 Å². The molecule has 0 radical (unpaired) electrons. The molecule has 0 aliphatic heterocycles. The fraction of sp³-hybridized carbons (Fsp3) is 0.412. The molecule has 2 aromatic heterocycles. The molecule has 0 saturated heterocycles. The molecule has 25 heavy (non-hydrogen) atoms. The number of nitrogens with one attached hydrogen (secondary N) is 1. The van der Waals surface area contributed by atoms with Gasteiger partial charge < -0.3 is 28.8 Å². The maximum absolute atomic E-state index is 12.1. The number of rotatable bonds is 10. The molecule has 0 spiro atoms. The van der Waals surface area contributed by atoms with Crippen molar-refractivity contribution in [2.45, 2.75) is 0 Å². The molecule has 8 heteroatoms. The molecule has 0 unspecified atom stereocenters. The summed E-state index contributed by atoms with van der Waals surface area (Å²) in [5.74, 6) is 1.31. The third kappa shape index (κ3) is 5.47. The molecule has 0 atom stereocenters. The summed E-state index contributed by atoms with van der Waals surface area (Å²) in [6, 6.07) is 6.93. The van der Waals surface area contributed by atoms with Crippen LogP contribution in [0.15, 0.2) is 35.3 Å². The summed E-state index contributed by atoms with van der Waals surface area (Å²) in [6.07, 6.45) is 1.69. The molecule has 0 aliphatic carbocycles. The molecule has 0 aromatic carbocycles. The SMILES string of the molecule is COCCOc1ccc(Nc2cccn(C)c2=O)nc1OCCOC. The van der Waals surface area contributed by atoms with Crippen molar-refractivity contribution in [2.24, 2.45) is 7.05 Å². The molecule has 0 amide bonds. The van der Waals surface area contributed by atoms with E-state index >= 15 is 0 Å². The maximum Gasteiger partial charge on any atom is 0.274 e. The van der Waals surface area contributed by atoms with E-state index < -0.39 is 0 Å². The zero-order valence-electron chi connectivity index (χ0n) is 14.7. The molecule has 0 bridgehead atoms. The number of hydrogen-bond acceptors (Lipinski definition) is 7. The Labute approximate surface area is 146 Å². The fourth-order valence-corrected chi connectivity index (χ4v) is 2.00. The van der Waals surface area contributed by atoms with Gasteiger partial charge in [0.15, 0.2) is 5.75 Å². The standard InChI is InChI=1S/C17H23N3O5/c1-20-8-4-5-13(17(20)21)18-15-7-6-14(24-11-9-22-2)16(19-15)25-12-10-23-3/h4-8H,9-12H2,1-3H3,(H,18,19). The largest absolute Gasteiger partial charge is 0.486 e. The number of pyridine rings is 2. The number of hydrogen-bond donors (Lipinski definition) is 1. The van der Waals surface area contributed by atoms with Gasteiger partial charge in [0.2, 0.25) is 0 Å². The van der Waals surface area contributed by atoms with Gasteiger partial charge in [-0.2, -0.15) is 4.98 Å². The lowest BCUT2D eigenvalue weighted by Gasteiger charge is -2.13. The summed E-state index contributed by atoms with van der Waals surface area (Å²) in [7, 11) is 4.88. The molecule has 1 N–H and O–H groups in total. The number of nitrogens with zero attached hydrogens (tertiary/aromatic N) is 2. The van der Waals surface area contributed by atoms with Gasteiger partial charge in [-0.15, -0.1) is 0 Å². The quantitative estimate of drug-likeness (QED) is 0.652. The van der Waals surface area contributed by atoms with Gasteiger partial charge in [-0.1, -0.05) is 0 Å². The Balaban J connectivity index is 2.19. The van der Waals surface area contributed by atoms with Crippen LogP contribution in [0.5, 0.6) is 11.6 Å². The Hall–Kier alpha value is -2.58. The first-order valence-electron chi connectivity index (χ1n) is 7.83. The lowest BCUT2D eigenvalue weighted by atomic mass is 10.3. The minimum Gasteiger partial charge on any atom is -0.486 e. The molecular weight excluding hydrogens is 326 g/mol. The van der Waals surface area contributed by atoms with Gasteiger partial charge in [0.25, 0.3) is 11.4 Å². The van der Waals surface area contributed by atoms with E-state index in [1.807, 2.05) is 0 Å². The monoisotopic (exact) mass is 349 g/mol. The van der Waals surface area contributed by atoms with Gasteiger partial charge in [-0.05, 0) is 24.3 Å². The Kier molecular flexibility index (Phi) is 7.24. The van der Waals surface area contributed by atoms with Crippen LogP contribution in [-0.2, 0) is 16.5 Å². The maximum atomic E-state index is 12.1. The van der Waals surface area contributed by atoms with Crippen LogP contribution in [-0.4, -0.2) is 50.2 Å². The van der Waals surface area contributed by atoms with Gasteiger partial charge in [0.05, 0.1) is 13.2 Å². The smallest absolute Gasteiger partial charge is 0.274 e. The summed E-state index contributed by atoms with van der Waals surface area (Å²) < 4.78 is 22.7. The lowest BCUT2D eigenvalue weighted by molar-refractivity contribution is 0.130. The van der Waals surface area contributed by atoms with E-state index in [9.17, 15) is 4.79 Å². The normalized spacial score (nSPS) is 10.5. The number of anilines is 2. The molecule has 2 rings (SSSR count). The van der Waals surface area contributed by atoms with Crippen molar-refractivity contribution in [2.75, 3.05) is 46.0 Å². The average Bonchev–Trinajstić information content (AvgIpc) is 2.61. The summed E-state index contributed by atoms with van der Waals surface area (Å²) in [4.78, 5) is 16.5. The molecule has 0 saturated carbocycles. The summed E-state index contributed by atoms with van der Waals surface area (Å²) >= 11 is 0. The number of aryl methyl sites for hydroxylation is 1. The predicted molar refractivity (Wildman–Crippen MR) is 93.9 cm³/mol. The van der Waals surface area contributed by atoms with Gasteiger partial charge in [-0.3, -0.25) is 4.79 Å². The third-order valence-corrected chi connectivity index (χ3v) is 3.28. The van der Waals surface area contributed by atoms with Crippen molar-refractivity contribution in [1.82, 2.24) is 9.55 Å². The Morgan fingerprint density at radius 2 is 1.76 bits per heavy atom. The van der Waals surface area contributed by atoms with Gasteiger partial charge in [0, 0.05) is 27.5 Å². The molecule has 8 nitrogen and oxygen atoms in total. The van der Waals surface area contributed by atoms with Crippen LogP contribution in [0, 0.1) is 0 Å². The van der Waals surface area contributed by atoms with E-state index in [0.717, 1.165) is 0 Å². The minimum absolute atomic E-state index is 0.147. The highest BCUT2D eigenvalue weighted by molar-refractivity contribution is 5.56. The van der Waals surface area contributed by atoms with E-state index in [-0.39, 0.29) is 5.56 Å². The van der Waals surface area contributed by atoms with Crippen molar-refractivity contribution < 1.29 is 18.9 Å². The highest BCUT2D eigenvalue weighted by Gasteiger charge is 2.10. The molecule has 0 aliphatic rings. The van der Waals surface area contributed by atoms with Crippen molar-refractivity contribution in [3.63, 3.8) is 0 Å². The topological polar surface area (TPSA) is 83.8 Å². The molecular formula is C17H23N3O5. The Morgan fingerprint density at radius 3 is 2.48 bits per heavy atom. The second kappa shape index (κ2) is 9.65. The second-order valence-electron chi connectivity index (χ2n) is 5.15. The predicted octanol–water partition coefficient (Wildman–Crippen LogP) is 1.57. The summed E-state index contributed by atoms with van der Waals surface area (Å²) in [5, 5.41) is 3.00. The third-order valence-electron chi connectivity index (χ3n) is 3.28. The number of methoxy groups -OCH3 is 2. The van der Waals surface area contributed by atoms with E-state index in [0.29, 0.717) is 49.6 Å². The zero-order valence-corrected chi connectivity index (χ0v) is 14.7. The fourth-order valence-electron chi connectivity index (χ4n) is 2.00. The lowest BCUT2D eigenvalue weighted by Crippen LogP contribution is -2.19. The first-order chi connectivity index (χ1) is 12.2. The average molecular weight is 349 g/mol. The number of ether oxygens (including phenoxy) is 4. The van der Waals surface area contributed by atoms with Gasteiger partial charge >= 0.3 is 0 Å². The van der Waals surface area contributed by atoms with Crippen LogP contribution < -0.4 is 20.3 Å². The van der Waals surface area contributed by atoms with Crippen molar-refractivity contribution >= 4 is 11.5 Å². The molecule has 2 heterocycles. The van der Waals surface area contributed by atoms with Crippen molar-refractivity contribution in [3.05, 3.63) is 40.8 Å². The minimum atomic E-state index is -0.147. The van der Waals surface area contributed by atoms with Crippen LogP contribution >= 0.6 is 0 Å². The van der Waals surface area contributed by atoms with E-state index in [1.165, 1.54) is 4.57 Å². The Morgan fingerprint density at radius 1 is 1.04 bits per heavy atom. The second-order valence-corrected chi connectivity index (χ2v) is 5.15. The molecule has 0 fully saturated rings. The molecule has 136 valence electrons. The molecule has 2 aromatic rings. The highest BCUT2D eigenvalue weighted by atomic mass is 16.6. The van der Waals surface area contributed by atoms with Gasteiger partial charge in [0.1, 0.15) is 24.7 Å². The first-order valence-corrected chi connectivity index (χ1v) is 7.83. The summed E-state index contributed by atoms with van der Waals surface area (Å²) in [6.45, 7) is 1.60. The van der Waals surface area contributed by atoms with Crippen molar-refractivity contribution in [1.29, 1.82) is 0 Å². The van der Waals surface area contributed by atoms with Crippen LogP contribution in [0.1, 0.15) is 0 Å². The van der Waals surface area contributed by atoms with E-state index in [4.69, 9.17) is 18.9 Å². The van der Waals surface area contributed by atoms with E-state index in [1.54, 1.807) is 51.7 Å². The highest BCUT2D eigenvalue weighted by Crippen LogP contribution is 2.27. The van der Waals surface area contributed by atoms with Crippen LogP contribution in [0.2, 0.25) is 0 Å². The zero-order chi connectivity index (χ0) is 18.1. The Bertz CT molecular complexity index is 732. The van der Waals surface area contributed by atoms with E-state index in [2.05, 4.69) is 10.3 Å². The first kappa shape index (κ1) is 18.8.